The maximum atomic E-state index is 12.1. The highest BCUT2D eigenvalue weighted by molar-refractivity contribution is 6.20. The Kier molecular flexibility index (Phi) is 2.52. The molecule has 0 heterocycles. The van der Waals surface area contributed by atoms with Gasteiger partial charge in [0.15, 0.2) is 0 Å². The summed E-state index contributed by atoms with van der Waals surface area (Å²) in [6.45, 7) is 1.85. The topological polar surface area (TPSA) is 9.23 Å². The predicted octanol–water partition coefficient (Wildman–Crippen LogP) is 3.16. The van der Waals surface area contributed by atoms with Crippen LogP contribution in [-0.2, 0) is 0 Å². The standard InChI is InChI=1S/C8H7ClF2O/c1-6-2-4-7(5-3-6)12-8(9,10)11/h2-5H,1H3. The van der Waals surface area contributed by atoms with Gasteiger partial charge in [-0.1, -0.05) is 17.7 Å². The van der Waals surface area contributed by atoms with Crippen molar-refractivity contribution < 1.29 is 13.5 Å². The second kappa shape index (κ2) is 3.27. The van der Waals surface area contributed by atoms with E-state index in [1.54, 1.807) is 12.1 Å². The van der Waals surface area contributed by atoms with Crippen LogP contribution in [0.2, 0.25) is 0 Å². The minimum absolute atomic E-state index is 0.0561. The third-order valence-corrected chi connectivity index (χ3v) is 1.33. The van der Waals surface area contributed by atoms with E-state index < -0.39 is 5.57 Å². The van der Waals surface area contributed by atoms with E-state index in [-0.39, 0.29) is 5.75 Å². The van der Waals surface area contributed by atoms with Gasteiger partial charge in [0.25, 0.3) is 0 Å². The molecular weight excluding hydrogens is 186 g/mol. The highest BCUT2D eigenvalue weighted by atomic mass is 35.5. The third-order valence-electron chi connectivity index (χ3n) is 1.25. The first-order chi connectivity index (χ1) is 5.47. The van der Waals surface area contributed by atoms with Crippen LogP contribution in [0.25, 0.3) is 0 Å². The van der Waals surface area contributed by atoms with Crippen LogP contribution in [0.4, 0.5) is 8.78 Å². The van der Waals surface area contributed by atoms with Crippen molar-refractivity contribution in [2.75, 3.05) is 0 Å². The average molecular weight is 193 g/mol. The maximum absolute atomic E-state index is 12.1. The summed E-state index contributed by atoms with van der Waals surface area (Å²) >= 11 is 4.55. The van der Waals surface area contributed by atoms with E-state index in [2.05, 4.69) is 16.3 Å². The fraction of sp³-hybridized carbons (Fsp3) is 0.250. The zero-order valence-corrected chi connectivity index (χ0v) is 7.11. The highest BCUT2D eigenvalue weighted by Crippen LogP contribution is 2.24. The molecule has 0 atom stereocenters. The smallest absolute Gasteiger partial charge is 0.420 e. The number of hydrogen-bond acceptors (Lipinski definition) is 1. The van der Waals surface area contributed by atoms with Crippen molar-refractivity contribution in [1.82, 2.24) is 0 Å². The summed E-state index contributed by atoms with van der Waals surface area (Å²) in [7, 11) is 0. The van der Waals surface area contributed by atoms with Gasteiger partial charge in [-0.3, -0.25) is 0 Å². The summed E-state index contributed by atoms with van der Waals surface area (Å²) in [5.74, 6) is 0.0561. The first-order valence-corrected chi connectivity index (χ1v) is 3.67. The van der Waals surface area contributed by atoms with Crippen LogP contribution in [-0.4, -0.2) is 5.57 Å². The molecule has 1 rings (SSSR count). The van der Waals surface area contributed by atoms with Gasteiger partial charge in [-0.05, 0) is 19.1 Å². The molecule has 0 saturated carbocycles. The Morgan fingerprint density at radius 2 is 1.75 bits per heavy atom. The highest BCUT2D eigenvalue weighted by Gasteiger charge is 2.27. The van der Waals surface area contributed by atoms with Gasteiger partial charge in [-0.2, -0.15) is 0 Å². The summed E-state index contributed by atoms with van der Waals surface area (Å²) in [6, 6.07) is 6.20. The first-order valence-electron chi connectivity index (χ1n) is 3.30. The lowest BCUT2D eigenvalue weighted by molar-refractivity contribution is -0.0964. The van der Waals surface area contributed by atoms with Gasteiger partial charge in [0.1, 0.15) is 5.75 Å². The number of benzene rings is 1. The summed E-state index contributed by atoms with van der Waals surface area (Å²) in [5.41, 5.74) is -2.66. The molecule has 4 heteroatoms. The minimum atomic E-state index is -3.63. The van der Waals surface area contributed by atoms with E-state index >= 15 is 0 Å². The molecule has 66 valence electrons. The Balaban J connectivity index is 2.71. The van der Waals surface area contributed by atoms with Gasteiger partial charge < -0.3 is 4.74 Å². The minimum Gasteiger partial charge on any atom is -0.420 e. The van der Waals surface area contributed by atoms with Crippen LogP contribution in [0, 0.1) is 6.92 Å². The largest absolute Gasteiger partial charge is 0.487 e. The molecule has 0 amide bonds. The van der Waals surface area contributed by atoms with Gasteiger partial charge in [0, 0.05) is 11.6 Å². The lowest BCUT2D eigenvalue weighted by Gasteiger charge is -2.09. The van der Waals surface area contributed by atoms with E-state index in [4.69, 9.17) is 0 Å². The molecule has 12 heavy (non-hydrogen) atoms. The predicted molar refractivity (Wildman–Crippen MR) is 42.6 cm³/mol. The SMILES string of the molecule is Cc1ccc(OC(F)(F)Cl)cc1. The summed E-state index contributed by atoms with van der Waals surface area (Å²) in [6.07, 6.45) is 0. The molecule has 0 fully saturated rings. The van der Waals surface area contributed by atoms with Crippen LogP contribution in [0.5, 0.6) is 5.75 Å². The number of hydrogen-bond donors (Lipinski definition) is 0. The summed E-state index contributed by atoms with van der Waals surface area (Å²) in [4.78, 5) is 0. The lowest BCUT2D eigenvalue weighted by atomic mass is 10.2. The van der Waals surface area contributed by atoms with E-state index in [1.807, 2.05) is 6.92 Å². The fourth-order valence-electron chi connectivity index (χ4n) is 0.740. The van der Waals surface area contributed by atoms with Crippen LogP contribution >= 0.6 is 11.6 Å². The number of alkyl halides is 3. The van der Waals surface area contributed by atoms with Gasteiger partial charge >= 0.3 is 5.57 Å². The number of aryl methyl sites for hydroxylation is 1. The van der Waals surface area contributed by atoms with Gasteiger partial charge in [0.05, 0.1) is 0 Å². The van der Waals surface area contributed by atoms with Gasteiger partial charge in [-0.25, -0.2) is 0 Å². The van der Waals surface area contributed by atoms with Crippen molar-refractivity contribution in [2.45, 2.75) is 12.5 Å². The van der Waals surface area contributed by atoms with E-state index in [0.29, 0.717) is 0 Å². The molecular formula is C8H7ClF2O. The molecule has 0 spiro atoms. The van der Waals surface area contributed by atoms with Crippen molar-refractivity contribution in [2.24, 2.45) is 0 Å². The molecule has 1 aromatic carbocycles. The third kappa shape index (κ3) is 3.05. The summed E-state index contributed by atoms with van der Waals surface area (Å²) in [5, 5.41) is 0. The molecule has 1 aromatic rings. The molecule has 0 unspecified atom stereocenters. The van der Waals surface area contributed by atoms with Crippen LogP contribution in [0.15, 0.2) is 24.3 Å². The fourth-order valence-corrected chi connectivity index (χ4v) is 0.829. The van der Waals surface area contributed by atoms with E-state index in [1.165, 1.54) is 12.1 Å². The molecule has 0 radical (unpaired) electrons. The van der Waals surface area contributed by atoms with Gasteiger partial charge in [-0.15, -0.1) is 8.78 Å². The molecule has 1 nitrogen and oxygen atoms in total. The van der Waals surface area contributed by atoms with Crippen molar-refractivity contribution in [3.8, 4) is 5.75 Å². The van der Waals surface area contributed by atoms with Crippen LogP contribution in [0.1, 0.15) is 5.56 Å². The van der Waals surface area contributed by atoms with Crippen molar-refractivity contribution in [3.05, 3.63) is 29.8 Å². The average Bonchev–Trinajstić information content (AvgIpc) is 1.91. The van der Waals surface area contributed by atoms with Crippen molar-refractivity contribution in [3.63, 3.8) is 0 Å². The molecule has 0 aromatic heterocycles. The van der Waals surface area contributed by atoms with Crippen molar-refractivity contribution >= 4 is 11.6 Å². The Morgan fingerprint density at radius 3 is 2.17 bits per heavy atom. The van der Waals surface area contributed by atoms with Crippen molar-refractivity contribution in [1.29, 1.82) is 0 Å². The number of rotatable bonds is 2. The Labute approximate surface area is 73.9 Å². The second-order valence-electron chi connectivity index (χ2n) is 2.36. The quantitative estimate of drug-likeness (QED) is 0.654. The maximum Gasteiger partial charge on any atom is 0.487 e. The van der Waals surface area contributed by atoms with Crippen LogP contribution in [0.3, 0.4) is 0 Å². The molecule has 0 saturated heterocycles. The molecule has 0 aliphatic rings. The number of ether oxygens (including phenoxy) is 1. The first kappa shape index (κ1) is 9.26. The van der Waals surface area contributed by atoms with Gasteiger partial charge in [0.2, 0.25) is 0 Å². The zero-order valence-electron chi connectivity index (χ0n) is 6.35. The summed E-state index contributed by atoms with van der Waals surface area (Å²) < 4.78 is 28.2. The van der Waals surface area contributed by atoms with E-state index in [0.717, 1.165) is 5.56 Å². The Hall–Kier alpha value is -0.830. The molecule has 0 aliphatic carbocycles. The normalized spacial score (nSPS) is 11.3. The molecule has 0 bridgehead atoms. The second-order valence-corrected chi connectivity index (χ2v) is 2.80. The van der Waals surface area contributed by atoms with Crippen LogP contribution < -0.4 is 4.74 Å². The van der Waals surface area contributed by atoms with E-state index in [9.17, 15) is 8.78 Å². The monoisotopic (exact) mass is 192 g/mol. The Bertz CT molecular complexity index is 253. The number of halogens is 3. The Morgan fingerprint density at radius 1 is 1.25 bits per heavy atom. The zero-order chi connectivity index (χ0) is 9.19. The lowest BCUT2D eigenvalue weighted by Crippen LogP contribution is -2.15. The molecule has 0 N–H and O–H groups in total. The molecule has 0 aliphatic heterocycles.